The molecule has 3 amide bonds. The molecule has 1 aromatic heterocycles. The average molecular weight is 505 g/mol. The number of hydrogen-bond donors (Lipinski definition) is 2. The number of hydrogen-bond acceptors (Lipinski definition) is 3. The molecular formula is C23H26BrFN4O3. The van der Waals surface area contributed by atoms with Gasteiger partial charge in [-0.15, -0.1) is 0 Å². The molecule has 1 aromatic carbocycles. The molecule has 0 radical (unpaired) electrons. The van der Waals surface area contributed by atoms with Crippen molar-refractivity contribution in [3.05, 3.63) is 62.7 Å². The number of amides is 3. The van der Waals surface area contributed by atoms with Gasteiger partial charge in [0.05, 0.1) is 5.69 Å². The summed E-state index contributed by atoms with van der Waals surface area (Å²) in [6.45, 7) is 5.26. The number of nitrogens with zero attached hydrogens (tertiary/aromatic N) is 2. The van der Waals surface area contributed by atoms with Crippen molar-refractivity contribution in [2.45, 2.75) is 38.8 Å². The Morgan fingerprint density at radius 2 is 1.94 bits per heavy atom. The standard InChI is InChI=1S/C23H26BrFN4O3/c1-13(2)21(22(31)26-18-7-6-16(24)9-17(18)25)27-23(32)28-10-14-8-15(12-28)19-4-3-5-20(30)29(19)11-14/h3-7,9,13-15,21H,8,10-12H2,1-2H3,(H,26,31)(H,27,32)/t14?,15?,21-/m0/s1. The van der Waals surface area contributed by atoms with Crippen LogP contribution in [0.2, 0.25) is 0 Å². The van der Waals surface area contributed by atoms with E-state index in [1.807, 2.05) is 24.5 Å². The van der Waals surface area contributed by atoms with Crippen LogP contribution in [0.5, 0.6) is 0 Å². The number of aromatic nitrogens is 1. The third-order valence-electron chi connectivity index (χ3n) is 6.18. The van der Waals surface area contributed by atoms with Crippen molar-refractivity contribution in [3.8, 4) is 0 Å². The minimum Gasteiger partial charge on any atom is -0.326 e. The minimum atomic E-state index is -0.817. The summed E-state index contributed by atoms with van der Waals surface area (Å²) in [5.41, 5.74) is 1.01. The summed E-state index contributed by atoms with van der Waals surface area (Å²) in [6, 6.07) is 8.51. The zero-order chi connectivity index (χ0) is 23.0. The van der Waals surface area contributed by atoms with E-state index >= 15 is 0 Å². The Balaban J connectivity index is 1.45. The number of likely N-dealkylation sites (tertiary alicyclic amines) is 1. The van der Waals surface area contributed by atoms with Gasteiger partial charge in [0, 0.05) is 41.8 Å². The van der Waals surface area contributed by atoms with Crippen molar-refractivity contribution in [1.29, 1.82) is 0 Å². The monoisotopic (exact) mass is 504 g/mol. The quantitative estimate of drug-likeness (QED) is 0.667. The van der Waals surface area contributed by atoms with Gasteiger partial charge in [0.1, 0.15) is 11.9 Å². The number of nitrogens with one attached hydrogen (secondary N) is 2. The second-order valence-electron chi connectivity index (χ2n) is 8.89. The van der Waals surface area contributed by atoms with E-state index in [1.165, 1.54) is 12.1 Å². The zero-order valence-corrected chi connectivity index (χ0v) is 19.6. The lowest BCUT2D eigenvalue weighted by Gasteiger charge is -2.43. The highest BCUT2D eigenvalue weighted by Crippen LogP contribution is 2.35. The molecule has 2 N–H and O–H groups in total. The maximum atomic E-state index is 14.1. The Morgan fingerprint density at radius 3 is 2.66 bits per heavy atom. The second-order valence-corrected chi connectivity index (χ2v) is 9.80. The van der Waals surface area contributed by atoms with E-state index in [4.69, 9.17) is 0 Å². The van der Waals surface area contributed by atoms with E-state index in [0.717, 1.165) is 12.1 Å². The van der Waals surface area contributed by atoms with Crippen LogP contribution in [0.4, 0.5) is 14.9 Å². The molecule has 170 valence electrons. The molecule has 3 heterocycles. The van der Waals surface area contributed by atoms with Gasteiger partial charge in [-0.2, -0.15) is 0 Å². The fraction of sp³-hybridized carbons (Fsp3) is 0.435. The molecule has 0 spiro atoms. The predicted octanol–water partition coefficient (Wildman–Crippen LogP) is 3.54. The van der Waals surface area contributed by atoms with Gasteiger partial charge < -0.3 is 20.1 Å². The molecule has 4 rings (SSSR count). The normalized spacial score (nSPS) is 20.5. The SMILES string of the molecule is CC(C)[C@H](NC(=O)N1CC2CC(C1)c1cccc(=O)n1C2)C(=O)Nc1ccc(Br)cc1F. The number of fused-ring (bicyclic) bond motifs is 4. The fourth-order valence-corrected chi connectivity index (χ4v) is 4.96. The first-order valence-corrected chi connectivity index (χ1v) is 11.5. The summed E-state index contributed by atoms with van der Waals surface area (Å²) < 4.78 is 16.5. The van der Waals surface area contributed by atoms with Crippen molar-refractivity contribution >= 4 is 33.6 Å². The van der Waals surface area contributed by atoms with Gasteiger partial charge in [-0.1, -0.05) is 35.8 Å². The van der Waals surface area contributed by atoms with Crippen molar-refractivity contribution in [2.24, 2.45) is 11.8 Å². The van der Waals surface area contributed by atoms with Crippen molar-refractivity contribution in [2.75, 3.05) is 18.4 Å². The number of rotatable bonds is 4. The molecule has 2 aromatic rings. The number of carbonyl (C=O) groups excluding carboxylic acids is 2. The van der Waals surface area contributed by atoms with E-state index in [9.17, 15) is 18.8 Å². The molecule has 3 atom stereocenters. The zero-order valence-electron chi connectivity index (χ0n) is 18.0. The Kier molecular flexibility index (Phi) is 6.37. The van der Waals surface area contributed by atoms with Gasteiger partial charge in [-0.3, -0.25) is 9.59 Å². The minimum absolute atomic E-state index is 0.00758. The molecule has 32 heavy (non-hydrogen) atoms. The Hall–Kier alpha value is -2.68. The summed E-state index contributed by atoms with van der Waals surface area (Å²) in [5, 5.41) is 5.42. The summed E-state index contributed by atoms with van der Waals surface area (Å²) in [5.74, 6) is -0.940. The summed E-state index contributed by atoms with van der Waals surface area (Å²) in [7, 11) is 0. The van der Waals surface area contributed by atoms with Crippen molar-refractivity contribution < 1.29 is 14.0 Å². The van der Waals surface area contributed by atoms with Crippen LogP contribution in [0.3, 0.4) is 0 Å². The largest absolute Gasteiger partial charge is 0.326 e. The van der Waals surface area contributed by atoms with Crippen LogP contribution in [-0.4, -0.2) is 40.5 Å². The number of piperidine rings is 1. The molecule has 2 aliphatic heterocycles. The van der Waals surface area contributed by atoms with E-state index in [1.54, 1.807) is 23.1 Å². The highest BCUT2D eigenvalue weighted by atomic mass is 79.9. The van der Waals surface area contributed by atoms with Crippen LogP contribution >= 0.6 is 15.9 Å². The molecule has 0 saturated carbocycles. The number of carbonyl (C=O) groups is 2. The Morgan fingerprint density at radius 1 is 1.16 bits per heavy atom. The molecule has 7 nitrogen and oxygen atoms in total. The van der Waals surface area contributed by atoms with Crippen LogP contribution < -0.4 is 16.2 Å². The molecule has 9 heteroatoms. The number of urea groups is 1. The number of anilines is 1. The smallest absolute Gasteiger partial charge is 0.318 e. The Labute approximate surface area is 194 Å². The van der Waals surface area contributed by atoms with Crippen LogP contribution in [0.25, 0.3) is 0 Å². The first-order valence-electron chi connectivity index (χ1n) is 10.7. The fourth-order valence-electron chi connectivity index (χ4n) is 4.62. The van der Waals surface area contributed by atoms with Gasteiger partial charge in [-0.05, 0) is 42.5 Å². The first kappa shape index (κ1) is 22.5. The molecule has 2 bridgehead atoms. The molecule has 2 aliphatic rings. The van der Waals surface area contributed by atoms with Crippen molar-refractivity contribution in [1.82, 2.24) is 14.8 Å². The highest BCUT2D eigenvalue weighted by Gasteiger charge is 2.37. The molecule has 2 unspecified atom stereocenters. The average Bonchev–Trinajstić information content (AvgIpc) is 2.74. The lowest BCUT2D eigenvalue weighted by molar-refractivity contribution is -0.118. The van der Waals surface area contributed by atoms with E-state index in [0.29, 0.717) is 24.1 Å². The summed E-state index contributed by atoms with van der Waals surface area (Å²) in [6.07, 6.45) is 0.935. The lowest BCUT2D eigenvalue weighted by atomic mass is 9.83. The van der Waals surface area contributed by atoms with E-state index < -0.39 is 17.8 Å². The lowest BCUT2D eigenvalue weighted by Crippen LogP contribution is -2.56. The third kappa shape index (κ3) is 4.57. The number of pyridine rings is 1. The second kappa shape index (κ2) is 9.05. The summed E-state index contributed by atoms with van der Waals surface area (Å²) in [4.78, 5) is 39.8. The molecule has 1 saturated heterocycles. The van der Waals surface area contributed by atoms with Crippen molar-refractivity contribution in [3.63, 3.8) is 0 Å². The van der Waals surface area contributed by atoms with E-state index in [-0.39, 0.29) is 35.0 Å². The number of benzene rings is 1. The first-order chi connectivity index (χ1) is 15.2. The van der Waals surface area contributed by atoms with Gasteiger partial charge in [0.25, 0.3) is 5.56 Å². The van der Waals surface area contributed by atoms with Crippen LogP contribution in [0.1, 0.15) is 31.9 Å². The third-order valence-corrected chi connectivity index (χ3v) is 6.68. The molecule has 0 aliphatic carbocycles. The van der Waals surface area contributed by atoms with Crippen LogP contribution in [0, 0.1) is 17.7 Å². The van der Waals surface area contributed by atoms with Gasteiger partial charge >= 0.3 is 6.03 Å². The molecular weight excluding hydrogens is 479 g/mol. The van der Waals surface area contributed by atoms with Gasteiger partial charge in [0.2, 0.25) is 5.91 Å². The number of halogens is 2. The Bertz CT molecular complexity index is 1100. The maximum Gasteiger partial charge on any atom is 0.318 e. The molecule has 1 fully saturated rings. The predicted molar refractivity (Wildman–Crippen MR) is 123 cm³/mol. The van der Waals surface area contributed by atoms with Crippen LogP contribution in [-0.2, 0) is 11.3 Å². The van der Waals surface area contributed by atoms with Gasteiger partial charge in [-0.25, -0.2) is 9.18 Å². The highest BCUT2D eigenvalue weighted by molar-refractivity contribution is 9.10. The summed E-state index contributed by atoms with van der Waals surface area (Å²) >= 11 is 3.19. The topological polar surface area (TPSA) is 83.4 Å². The van der Waals surface area contributed by atoms with Gasteiger partial charge in [0.15, 0.2) is 0 Å². The van der Waals surface area contributed by atoms with E-state index in [2.05, 4.69) is 26.6 Å². The van der Waals surface area contributed by atoms with Crippen LogP contribution in [0.15, 0.2) is 45.7 Å². The maximum absolute atomic E-state index is 14.1.